The molecule has 0 heterocycles. The van der Waals surface area contributed by atoms with Gasteiger partial charge in [0.1, 0.15) is 24.1 Å². The van der Waals surface area contributed by atoms with E-state index >= 15 is 0 Å². The number of aliphatic hydroxyl groups is 1. The number of aliphatic hydroxyl groups excluding tert-OH is 1. The van der Waals surface area contributed by atoms with Crippen LogP contribution in [0.4, 0.5) is 0 Å². The van der Waals surface area contributed by atoms with E-state index in [1.54, 1.807) is 42.5 Å². The second-order valence-electron chi connectivity index (χ2n) is 7.27. The molecule has 0 saturated heterocycles. The second kappa shape index (κ2) is 10.7. The van der Waals surface area contributed by atoms with E-state index in [-0.39, 0.29) is 17.9 Å². The summed E-state index contributed by atoms with van der Waals surface area (Å²) in [5.41, 5.74) is 2.67. The molecular formula is C25H22ClNO5. The Bertz CT molecular complexity index is 1140. The molecule has 3 rings (SSSR count). The average Bonchev–Trinajstić information content (AvgIpc) is 2.77. The molecule has 32 heavy (non-hydrogen) atoms. The highest BCUT2D eigenvalue weighted by molar-refractivity contribution is 6.31. The van der Waals surface area contributed by atoms with Crippen LogP contribution in [0.5, 0.6) is 11.5 Å². The van der Waals surface area contributed by atoms with Crippen molar-refractivity contribution in [2.75, 3.05) is 6.61 Å². The molecule has 0 aliphatic heterocycles. The number of phenols is 1. The summed E-state index contributed by atoms with van der Waals surface area (Å²) in [7, 11) is 0. The highest BCUT2D eigenvalue weighted by atomic mass is 35.5. The molecule has 3 aromatic carbocycles. The molecule has 0 aliphatic carbocycles. The monoisotopic (exact) mass is 451 g/mol. The number of aromatic hydroxyl groups is 1. The van der Waals surface area contributed by atoms with Gasteiger partial charge in [-0.1, -0.05) is 41.4 Å². The van der Waals surface area contributed by atoms with Crippen LogP contribution < -0.4 is 4.74 Å². The van der Waals surface area contributed by atoms with Crippen LogP contribution in [0, 0.1) is 6.92 Å². The molecule has 0 spiro atoms. The van der Waals surface area contributed by atoms with Gasteiger partial charge in [-0.15, -0.1) is 0 Å². The first-order valence-corrected chi connectivity index (χ1v) is 10.3. The van der Waals surface area contributed by atoms with E-state index in [1.165, 1.54) is 24.4 Å². The van der Waals surface area contributed by atoms with Crippen LogP contribution in [0.2, 0.25) is 5.02 Å². The summed E-state index contributed by atoms with van der Waals surface area (Å²) in [4.78, 5) is 28.9. The van der Waals surface area contributed by atoms with Gasteiger partial charge >= 0.3 is 5.97 Å². The van der Waals surface area contributed by atoms with Crippen LogP contribution in [0.1, 0.15) is 27.0 Å². The number of esters is 1. The molecule has 0 fully saturated rings. The van der Waals surface area contributed by atoms with Gasteiger partial charge in [-0.3, -0.25) is 9.79 Å². The van der Waals surface area contributed by atoms with Crippen molar-refractivity contribution in [1.82, 2.24) is 0 Å². The third kappa shape index (κ3) is 6.51. The first-order chi connectivity index (χ1) is 15.3. The van der Waals surface area contributed by atoms with Crippen molar-refractivity contribution in [3.05, 3.63) is 94.0 Å². The smallest absolute Gasteiger partial charge is 0.343 e. The van der Waals surface area contributed by atoms with Crippen molar-refractivity contribution in [2.45, 2.75) is 19.4 Å². The predicted octanol–water partition coefficient (Wildman–Crippen LogP) is 4.16. The molecule has 1 atom stereocenters. The van der Waals surface area contributed by atoms with Gasteiger partial charge in [0.15, 0.2) is 5.78 Å². The minimum Gasteiger partial charge on any atom is -0.508 e. The molecule has 0 aliphatic rings. The Hall–Kier alpha value is -3.48. The molecule has 164 valence electrons. The Morgan fingerprint density at radius 3 is 2.53 bits per heavy atom. The molecule has 1 unspecified atom stereocenters. The largest absolute Gasteiger partial charge is 0.508 e. The quantitative estimate of drug-likeness (QED) is 0.304. The van der Waals surface area contributed by atoms with Crippen LogP contribution in [-0.2, 0) is 11.2 Å². The van der Waals surface area contributed by atoms with Crippen molar-refractivity contribution in [2.24, 2.45) is 4.99 Å². The van der Waals surface area contributed by atoms with E-state index < -0.39 is 24.4 Å². The summed E-state index contributed by atoms with van der Waals surface area (Å²) >= 11 is 6.17. The van der Waals surface area contributed by atoms with Gasteiger partial charge in [0.05, 0.1) is 5.56 Å². The number of phenolic OH excluding ortho intramolecular Hbond substituents is 1. The van der Waals surface area contributed by atoms with E-state index in [0.717, 1.165) is 11.1 Å². The maximum absolute atomic E-state index is 12.4. The van der Waals surface area contributed by atoms with Gasteiger partial charge in [-0.2, -0.15) is 0 Å². The van der Waals surface area contributed by atoms with Gasteiger partial charge < -0.3 is 14.9 Å². The Kier molecular flexibility index (Phi) is 7.76. The van der Waals surface area contributed by atoms with E-state index in [2.05, 4.69) is 4.99 Å². The van der Waals surface area contributed by atoms with Crippen molar-refractivity contribution in [1.29, 1.82) is 0 Å². The van der Waals surface area contributed by atoms with Gasteiger partial charge in [0.2, 0.25) is 0 Å². The summed E-state index contributed by atoms with van der Waals surface area (Å²) in [6.45, 7) is 1.24. The number of ether oxygens (including phenoxy) is 1. The number of rotatable bonds is 8. The average molecular weight is 452 g/mol. The first-order valence-electron chi connectivity index (χ1n) is 9.88. The number of carbonyl (C=O) groups excluding carboxylic acids is 2. The summed E-state index contributed by atoms with van der Waals surface area (Å²) in [5.74, 6) is -0.593. The van der Waals surface area contributed by atoms with Crippen molar-refractivity contribution in [3.8, 4) is 11.5 Å². The van der Waals surface area contributed by atoms with E-state index in [4.69, 9.17) is 16.3 Å². The maximum atomic E-state index is 12.4. The van der Waals surface area contributed by atoms with E-state index in [0.29, 0.717) is 16.1 Å². The van der Waals surface area contributed by atoms with Gasteiger partial charge in [-0.05, 0) is 60.5 Å². The lowest BCUT2D eigenvalue weighted by Crippen LogP contribution is -2.24. The molecule has 3 aromatic rings. The molecule has 7 heteroatoms. The lowest BCUT2D eigenvalue weighted by molar-refractivity contribution is -0.122. The van der Waals surface area contributed by atoms with Gasteiger partial charge in [0.25, 0.3) is 0 Å². The summed E-state index contributed by atoms with van der Waals surface area (Å²) in [6, 6.07) is 17.4. The third-order valence-electron chi connectivity index (χ3n) is 4.65. The molecule has 0 saturated carbocycles. The minimum absolute atomic E-state index is 0.119. The number of benzene rings is 3. The zero-order chi connectivity index (χ0) is 23.1. The Labute approximate surface area is 190 Å². The zero-order valence-corrected chi connectivity index (χ0v) is 18.1. The molecule has 0 bridgehead atoms. The number of Topliss-reactive ketones (excluding diaryl/α,β-unsaturated/α-hetero) is 1. The number of nitrogens with zero attached hydrogens (tertiary/aromatic N) is 1. The highest BCUT2D eigenvalue weighted by Crippen LogP contribution is 2.22. The van der Waals surface area contributed by atoms with Crippen LogP contribution in [0.3, 0.4) is 0 Å². The van der Waals surface area contributed by atoms with Crippen LogP contribution in [0.25, 0.3) is 0 Å². The van der Waals surface area contributed by atoms with Gasteiger partial charge in [-0.25, -0.2) is 4.79 Å². The van der Waals surface area contributed by atoms with Crippen LogP contribution in [0.15, 0.2) is 71.7 Å². The Morgan fingerprint density at radius 1 is 1.09 bits per heavy atom. The zero-order valence-electron chi connectivity index (χ0n) is 17.4. The van der Waals surface area contributed by atoms with Crippen molar-refractivity contribution < 1.29 is 24.5 Å². The normalized spacial score (nSPS) is 12.0. The highest BCUT2D eigenvalue weighted by Gasteiger charge is 2.17. The molecule has 0 aromatic heterocycles. The van der Waals surface area contributed by atoms with Crippen LogP contribution >= 0.6 is 11.6 Å². The number of aryl methyl sites for hydroxylation is 1. The fourth-order valence-corrected chi connectivity index (χ4v) is 3.28. The number of hydrogen-bond acceptors (Lipinski definition) is 6. The molecule has 6 nitrogen and oxygen atoms in total. The number of hydrogen-bond donors (Lipinski definition) is 2. The van der Waals surface area contributed by atoms with E-state index in [1.807, 2.05) is 13.0 Å². The van der Waals surface area contributed by atoms with Crippen molar-refractivity contribution in [3.63, 3.8) is 0 Å². The second-order valence-corrected chi connectivity index (χ2v) is 7.70. The van der Waals surface area contributed by atoms with Crippen LogP contribution in [-0.4, -0.2) is 40.8 Å². The summed E-state index contributed by atoms with van der Waals surface area (Å²) in [6.07, 6.45) is 1.71. The lowest BCUT2D eigenvalue weighted by Gasteiger charge is -2.11. The van der Waals surface area contributed by atoms with Gasteiger partial charge in [0, 0.05) is 17.7 Å². The molecule has 0 radical (unpaired) electrons. The fourth-order valence-electron chi connectivity index (χ4n) is 3.04. The van der Waals surface area contributed by atoms with Crippen molar-refractivity contribution >= 4 is 29.6 Å². The van der Waals surface area contributed by atoms with E-state index in [9.17, 15) is 19.8 Å². The number of aliphatic imine (C=N–C) groups is 1. The lowest BCUT2D eigenvalue weighted by atomic mass is 10.0. The SMILES string of the molecule is Cc1cccc(C(=O)Oc2cc(Cl)cc(C=NC(Cc3ccc(O)cc3)C(=O)CO)c2)c1. The minimum atomic E-state index is -0.818. The summed E-state index contributed by atoms with van der Waals surface area (Å²) < 4.78 is 5.44. The number of halogens is 1. The molecule has 0 amide bonds. The Balaban J connectivity index is 1.78. The Morgan fingerprint density at radius 2 is 1.84 bits per heavy atom. The third-order valence-corrected chi connectivity index (χ3v) is 4.87. The fraction of sp³-hybridized carbons (Fsp3) is 0.160. The standard InChI is InChI=1S/C25H22ClNO5/c1-16-3-2-4-19(9-16)25(31)32-22-11-18(10-20(26)13-22)14-27-23(24(30)15-28)12-17-5-7-21(29)8-6-17/h2-11,13-14,23,28-29H,12,15H2,1H3. The molecular weight excluding hydrogens is 430 g/mol. The summed E-state index contributed by atoms with van der Waals surface area (Å²) in [5, 5.41) is 19.0. The maximum Gasteiger partial charge on any atom is 0.343 e. The topological polar surface area (TPSA) is 96.2 Å². The molecule has 2 N–H and O–H groups in total. The number of ketones is 1. The first kappa shape index (κ1) is 23.2. The number of carbonyl (C=O) groups is 2. The predicted molar refractivity (Wildman–Crippen MR) is 123 cm³/mol.